The minimum Gasteiger partial charge on any atom is -0.377 e. The lowest BCUT2D eigenvalue weighted by molar-refractivity contribution is 0.571. The van der Waals surface area contributed by atoms with Crippen molar-refractivity contribution in [3.05, 3.63) is 40.3 Å². The van der Waals surface area contributed by atoms with Gasteiger partial charge < -0.3 is 10.2 Å². The van der Waals surface area contributed by atoms with Crippen LogP contribution in [-0.4, -0.2) is 19.1 Å². The molecule has 2 aromatic rings. The van der Waals surface area contributed by atoms with E-state index in [4.69, 9.17) is 4.98 Å². The maximum absolute atomic E-state index is 4.71. The predicted molar refractivity (Wildman–Crippen MR) is 88.9 cm³/mol. The Hall–Kier alpha value is -1.55. The Morgan fingerprint density at radius 1 is 1.20 bits per heavy atom. The molecule has 1 aromatic heterocycles. The van der Waals surface area contributed by atoms with E-state index >= 15 is 0 Å². The third-order valence-corrected chi connectivity index (χ3v) is 3.98. The van der Waals surface area contributed by atoms with Gasteiger partial charge in [-0.05, 0) is 12.1 Å². The van der Waals surface area contributed by atoms with Crippen molar-refractivity contribution in [3.8, 4) is 0 Å². The zero-order valence-corrected chi connectivity index (χ0v) is 13.7. The molecule has 1 heterocycles. The summed E-state index contributed by atoms with van der Waals surface area (Å²) in [5, 5.41) is 6.77. The van der Waals surface area contributed by atoms with Gasteiger partial charge in [-0.25, -0.2) is 4.98 Å². The van der Waals surface area contributed by atoms with Crippen LogP contribution in [0.4, 0.5) is 11.4 Å². The maximum Gasteiger partial charge on any atom is 0.112 e. The lowest BCUT2D eigenvalue weighted by Crippen LogP contribution is -2.13. The van der Waals surface area contributed by atoms with Gasteiger partial charge in [-0.1, -0.05) is 32.9 Å². The molecule has 1 aromatic carbocycles. The van der Waals surface area contributed by atoms with E-state index in [1.807, 2.05) is 0 Å². The highest BCUT2D eigenvalue weighted by atomic mass is 32.1. The molecule has 0 spiro atoms. The van der Waals surface area contributed by atoms with E-state index in [0.29, 0.717) is 0 Å². The van der Waals surface area contributed by atoms with Crippen LogP contribution in [0.15, 0.2) is 29.6 Å². The number of aromatic nitrogens is 1. The topological polar surface area (TPSA) is 28.2 Å². The van der Waals surface area contributed by atoms with E-state index < -0.39 is 0 Å². The lowest BCUT2D eigenvalue weighted by atomic mass is 9.93. The van der Waals surface area contributed by atoms with Crippen LogP contribution in [0.1, 0.15) is 31.5 Å². The van der Waals surface area contributed by atoms with Crippen LogP contribution in [-0.2, 0) is 12.0 Å². The fourth-order valence-electron chi connectivity index (χ4n) is 1.92. The van der Waals surface area contributed by atoms with Crippen molar-refractivity contribution in [2.45, 2.75) is 32.7 Å². The van der Waals surface area contributed by atoms with Crippen molar-refractivity contribution in [2.75, 3.05) is 24.3 Å². The molecule has 0 fully saturated rings. The second kappa shape index (κ2) is 5.83. The summed E-state index contributed by atoms with van der Waals surface area (Å²) in [6.07, 6.45) is 0. The van der Waals surface area contributed by atoms with Crippen molar-refractivity contribution < 1.29 is 0 Å². The molecule has 108 valence electrons. The Balaban J connectivity index is 2.08. The second-order valence-corrected chi connectivity index (χ2v) is 7.08. The van der Waals surface area contributed by atoms with Crippen LogP contribution in [0.5, 0.6) is 0 Å². The molecule has 0 saturated heterocycles. The zero-order chi connectivity index (χ0) is 14.8. The van der Waals surface area contributed by atoms with Crippen LogP contribution >= 0.6 is 11.3 Å². The monoisotopic (exact) mass is 289 g/mol. The molecular formula is C16H23N3S. The van der Waals surface area contributed by atoms with E-state index in [0.717, 1.165) is 17.2 Å². The summed E-state index contributed by atoms with van der Waals surface area (Å²) in [4.78, 5) is 6.83. The number of nitrogens with zero attached hydrogens (tertiary/aromatic N) is 2. The molecular weight excluding hydrogens is 266 g/mol. The summed E-state index contributed by atoms with van der Waals surface area (Å²) in [6, 6.07) is 8.33. The Kier molecular flexibility index (Phi) is 4.33. The van der Waals surface area contributed by atoms with Gasteiger partial charge in [0.25, 0.3) is 0 Å². The summed E-state index contributed by atoms with van der Waals surface area (Å²) in [7, 11) is 4.11. The summed E-state index contributed by atoms with van der Waals surface area (Å²) >= 11 is 1.72. The molecule has 20 heavy (non-hydrogen) atoms. The Morgan fingerprint density at radius 3 is 2.50 bits per heavy atom. The first-order chi connectivity index (χ1) is 9.38. The first kappa shape index (κ1) is 14.9. The number of nitrogens with one attached hydrogen (secondary N) is 1. The van der Waals surface area contributed by atoms with E-state index in [9.17, 15) is 0 Å². The molecule has 0 aliphatic carbocycles. The van der Waals surface area contributed by atoms with Crippen molar-refractivity contribution in [2.24, 2.45) is 0 Å². The van der Waals surface area contributed by atoms with Gasteiger partial charge in [0.05, 0.1) is 23.6 Å². The van der Waals surface area contributed by atoms with Crippen molar-refractivity contribution in [3.63, 3.8) is 0 Å². The highest BCUT2D eigenvalue weighted by Crippen LogP contribution is 2.26. The molecule has 3 nitrogen and oxygen atoms in total. The highest BCUT2D eigenvalue weighted by molar-refractivity contribution is 7.09. The number of para-hydroxylation sites is 2. The SMILES string of the molecule is CN(C)c1ccccc1NCc1nc(C(C)(C)C)cs1. The number of hydrogen-bond acceptors (Lipinski definition) is 4. The van der Waals surface area contributed by atoms with E-state index in [-0.39, 0.29) is 5.41 Å². The molecule has 0 radical (unpaired) electrons. The molecule has 0 aliphatic heterocycles. The number of anilines is 2. The van der Waals surface area contributed by atoms with Crippen molar-refractivity contribution in [1.29, 1.82) is 0 Å². The first-order valence-electron chi connectivity index (χ1n) is 6.83. The normalized spacial score (nSPS) is 11.4. The largest absolute Gasteiger partial charge is 0.377 e. The third-order valence-electron chi connectivity index (χ3n) is 3.14. The van der Waals surface area contributed by atoms with Crippen LogP contribution in [0.25, 0.3) is 0 Å². The fourth-order valence-corrected chi connectivity index (χ4v) is 2.88. The zero-order valence-electron chi connectivity index (χ0n) is 12.9. The quantitative estimate of drug-likeness (QED) is 0.917. The van der Waals surface area contributed by atoms with E-state index in [2.05, 4.69) is 74.7 Å². The summed E-state index contributed by atoms with van der Waals surface area (Å²) < 4.78 is 0. The minimum atomic E-state index is 0.121. The smallest absolute Gasteiger partial charge is 0.112 e. The van der Waals surface area contributed by atoms with Crippen LogP contribution < -0.4 is 10.2 Å². The summed E-state index contributed by atoms with van der Waals surface area (Å²) in [5.74, 6) is 0. The molecule has 1 N–H and O–H groups in total. The predicted octanol–water partition coefficient (Wildman–Crippen LogP) is 4.12. The number of rotatable bonds is 4. The van der Waals surface area contributed by atoms with Crippen LogP contribution in [0.3, 0.4) is 0 Å². The van der Waals surface area contributed by atoms with Gasteiger partial charge in [-0.2, -0.15) is 0 Å². The Labute approximate surface area is 125 Å². The molecule has 0 bridgehead atoms. The van der Waals surface area contributed by atoms with Gasteiger partial charge in [-0.3, -0.25) is 0 Å². The molecule has 4 heteroatoms. The first-order valence-corrected chi connectivity index (χ1v) is 7.71. The third kappa shape index (κ3) is 3.51. The van der Waals surface area contributed by atoms with Gasteiger partial charge in [0.2, 0.25) is 0 Å². The lowest BCUT2D eigenvalue weighted by Gasteiger charge is -2.18. The molecule has 0 unspecified atom stereocenters. The Bertz CT molecular complexity index is 567. The molecule has 0 atom stereocenters. The van der Waals surface area contributed by atoms with Crippen LogP contribution in [0.2, 0.25) is 0 Å². The fraction of sp³-hybridized carbons (Fsp3) is 0.438. The minimum absolute atomic E-state index is 0.121. The summed E-state index contributed by atoms with van der Waals surface area (Å²) in [5.41, 5.74) is 3.63. The number of benzene rings is 1. The van der Waals surface area contributed by atoms with E-state index in [1.54, 1.807) is 11.3 Å². The average molecular weight is 289 g/mol. The van der Waals surface area contributed by atoms with Gasteiger partial charge in [0.15, 0.2) is 0 Å². The highest BCUT2D eigenvalue weighted by Gasteiger charge is 2.17. The number of thiazole rings is 1. The molecule has 0 amide bonds. The molecule has 0 aliphatic rings. The van der Waals surface area contributed by atoms with Gasteiger partial charge in [-0.15, -0.1) is 11.3 Å². The van der Waals surface area contributed by atoms with Crippen LogP contribution in [0, 0.1) is 0 Å². The maximum atomic E-state index is 4.71. The number of hydrogen-bond donors (Lipinski definition) is 1. The van der Waals surface area contributed by atoms with E-state index in [1.165, 1.54) is 11.4 Å². The standard InChI is InChI=1S/C16H23N3S/c1-16(2,3)14-11-20-15(18-14)10-17-12-8-6-7-9-13(12)19(4)5/h6-9,11,17H,10H2,1-5H3. The second-order valence-electron chi connectivity index (χ2n) is 6.14. The average Bonchev–Trinajstić information content (AvgIpc) is 2.85. The summed E-state index contributed by atoms with van der Waals surface area (Å²) in [6.45, 7) is 7.35. The van der Waals surface area contributed by atoms with Crippen molar-refractivity contribution >= 4 is 22.7 Å². The molecule has 0 saturated carbocycles. The van der Waals surface area contributed by atoms with Gasteiger partial charge in [0.1, 0.15) is 5.01 Å². The molecule has 2 rings (SSSR count). The Morgan fingerprint density at radius 2 is 1.90 bits per heavy atom. The van der Waals surface area contributed by atoms with Gasteiger partial charge in [0, 0.05) is 24.9 Å². The van der Waals surface area contributed by atoms with Gasteiger partial charge >= 0.3 is 0 Å². The van der Waals surface area contributed by atoms with Crippen molar-refractivity contribution in [1.82, 2.24) is 4.98 Å².